The zero-order chi connectivity index (χ0) is 15.3. The highest BCUT2D eigenvalue weighted by Gasteiger charge is 2.25. The number of nitrogen functional groups attached to an aromatic ring is 1. The molecule has 0 saturated heterocycles. The number of aromatic amines is 1. The largest absolute Gasteiger partial charge is 0.396 e. The lowest BCUT2D eigenvalue weighted by Crippen LogP contribution is -2.28. The van der Waals surface area contributed by atoms with Crippen LogP contribution in [0, 0.1) is 0 Å². The van der Waals surface area contributed by atoms with Gasteiger partial charge < -0.3 is 5.73 Å². The molecule has 0 aliphatic rings. The first-order valence-corrected chi connectivity index (χ1v) is 7.20. The first kappa shape index (κ1) is 17.0. The van der Waals surface area contributed by atoms with Gasteiger partial charge in [-0.3, -0.25) is 4.79 Å². The summed E-state index contributed by atoms with van der Waals surface area (Å²) in [6.45, 7) is 3.92. The lowest BCUT2D eigenvalue weighted by molar-refractivity contribution is -0.379. The average Bonchev–Trinajstić information content (AvgIpc) is 2.44. The molecule has 0 atom stereocenters. The Balaban J connectivity index is 2.89. The molecule has 0 aliphatic heterocycles. The maximum absolute atomic E-state index is 12.0. The third-order valence-electron chi connectivity index (χ3n) is 2.59. The van der Waals surface area contributed by atoms with Crippen LogP contribution in [0.5, 0.6) is 0 Å². The smallest absolute Gasteiger partial charge is 0.337 e. The number of pyridine rings is 1. The number of nitrogens with one attached hydrogen (secondary N) is 2. The van der Waals surface area contributed by atoms with Crippen molar-refractivity contribution < 1.29 is 9.78 Å². The molecule has 0 saturated carbocycles. The fraction of sp³-hybridized carbons (Fsp3) is 0.417. The van der Waals surface area contributed by atoms with Gasteiger partial charge in [-0.15, -0.1) is 0 Å². The average molecular weight is 339 g/mol. The number of hydrogen-bond acceptors (Lipinski definition) is 3. The molecule has 110 valence electrons. The fourth-order valence-corrected chi connectivity index (χ4v) is 2.03. The van der Waals surface area contributed by atoms with Gasteiger partial charge >= 0.3 is 5.91 Å². The van der Waals surface area contributed by atoms with E-state index in [-0.39, 0.29) is 26.6 Å². The van der Waals surface area contributed by atoms with Gasteiger partial charge in [0.1, 0.15) is 10.0 Å². The molecule has 1 aromatic rings. The van der Waals surface area contributed by atoms with E-state index in [0.717, 1.165) is 25.0 Å². The van der Waals surface area contributed by atoms with Gasteiger partial charge in [0, 0.05) is 5.71 Å². The third kappa shape index (κ3) is 4.23. The zero-order valence-electron chi connectivity index (χ0n) is 11.2. The molecule has 1 amide bonds. The number of hydrazone groups is 1. The summed E-state index contributed by atoms with van der Waals surface area (Å²) in [6.07, 6.45) is 2.89. The molecule has 0 radical (unpaired) electrons. The van der Waals surface area contributed by atoms with Crippen molar-refractivity contribution >= 4 is 52.1 Å². The maximum atomic E-state index is 12.0. The van der Waals surface area contributed by atoms with Crippen LogP contribution >= 0.6 is 34.8 Å². The fourth-order valence-electron chi connectivity index (χ4n) is 1.42. The molecule has 4 N–H and O–H groups in total. The van der Waals surface area contributed by atoms with Gasteiger partial charge in [0.05, 0.1) is 5.69 Å². The maximum Gasteiger partial charge on any atom is 0.337 e. The Morgan fingerprint density at radius 2 is 2.00 bits per heavy atom. The molecule has 5 nitrogen and oxygen atoms in total. The summed E-state index contributed by atoms with van der Waals surface area (Å²) >= 11 is 17.6. The number of nitrogens with zero attached hydrogens (tertiary/aromatic N) is 1. The molecule has 1 rings (SSSR count). The number of H-pyrrole nitrogens is 1. The van der Waals surface area contributed by atoms with E-state index in [2.05, 4.69) is 22.4 Å². The van der Waals surface area contributed by atoms with Crippen LogP contribution in [-0.2, 0) is 0 Å². The van der Waals surface area contributed by atoms with E-state index in [1.165, 1.54) is 0 Å². The number of nitrogens with two attached hydrogens (primary N) is 1. The number of anilines is 1. The second-order valence-electron chi connectivity index (χ2n) is 4.25. The van der Waals surface area contributed by atoms with Crippen molar-refractivity contribution in [2.24, 2.45) is 5.10 Å². The summed E-state index contributed by atoms with van der Waals surface area (Å²) in [6, 6.07) is 0. The number of unbranched alkanes of at least 4 members (excludes halogenated alkanes) is 1. The molecule has 0 fully saturated rings. The standard InChI is InChI=1S/C12H15Cl3N4O/c1-3-4-5-6(2)18-19-12(20)10-7(13)9(16)8(14)11(15)17-10/h3-5H2,1-2H3,(H2,16,17)(H,19,20)/p+1/b18-6+. The van der Waals surface area contributed by atoms with Crippen LogP contribution in [0.3, 0.4) is 0 Å². The summed E-state index contributed by atoms with van der Waals surface area (Å²) in [7, 11) is 0. The van der Waals surface area contributed by atoms with E-state index in [4.69, 9.17) is 40.5 Å². The van der Waals surface area contributed by atoms with Gasteiger partial charge in [-0.05, 0) is 31.4 Å². The van der Waals surface area contributed by atoms with Crippen molar-refractivity contribution in [2.75, 3.05) is 5.73 Å². The summed E-state index contributed by atoms with van der Waals surface area (Å²) in [5.74, 6) is -0.531. The van der Waals surface area contributed by atoms with Gasteiger partial charge in [-0.1, -0.05) is 36.5 Å². The second-order valence-corrected chi connectivity index (χ2v) is 5.38. The molecule has 0 aliphatic carbocycles. The molecule has 0 unspecified atom stereocenters. The van der Waals surface area contributed by atoms with Crippen molar-refractivity contribution in [2.45, 2.75) is 33.1 Å². The van der Waals surface area contributed by atoms with Crippen LogP contribution in [-0.4, -0.2) is 11.6 Å². The number of hydrogen-bond donors (Lipinski definition) is 2. The number of carbonyl (C=O) groups is 1. The molecule has 1 heterocycles. The third-order valence-corrected chi connectivity index (χ3v) is 3.75. The van der Waals surface area contributed by atoms with Crippen molar-refractivity contribution in [3.8, 4) is 0 Å². The molecule has 0 bridgehead atoms. The number of amides is 1. The molecule has 8 heteroatoms. The quantitative estimate of drug-likeness (QED) is 0.490. The lowest BCUT2D eigenvalue weighted by atomic mass is 10.2. The SMILES string of the molecule is CCCC/C(C)=N/NC(=O)c1[nH+]c(Cl)c(Cl)c(N)c1Cl. The summed E-state index contributed by atoms with van der Waals surface area (Å²) in [4.78, 5) is 14.6. The Morgan fingerprint density at radius 3 is 2.60 bits per heavy atom. The monoisotopic (exact) mass is 337 g/mol. The summed E-state index contributed by atoms with van der Waals surface area (Å²) in [5, 5.41) is 4.12. The van der Waals surface area contributed by atoms with Crippen LogP contribution in [0.25, 0.3) is 0 Å². The first-order valence-electron chi connectivity index (χ1n) is 6.07. The minimum Gasteiger partial charge on any atom is -0.396 e. The summed E-state index contributed by atoms with van der Waals surface area (Å²) in [5.41, 5.74) is 8.95. The van der Waals surface area contributed by atoms with Crippen LogP contribution in [0.15, 0.2) is 5.10 Å². The minimum atomic E-state index is -0.531. The number of carbonyl (C=O) groups excluding carboxylic acids is 1. The predicted molar refractivity (Wildman–Crippen MR) is 82.5 cm³/mol. The Labute approximate surface area is 132 Å². The number of halogens is 3. The Bertz CT molecular complexity index is 546. The summed E-state index contributed by atoms with van der Waals surface area (Å²) < 4.78 is 0. The van der Waals surface area contributed by atoms with E-state index < -0.39 is 5.91 Å². The van der Waals surface area contributed by atoms with E-state index in [0.29, 0.717) is 0 Å². The molecule has 0 aromatic carbocycles. The molecule has 0 spiro atoms. The highest BCUT2D eigenvalue weighted by atomic mass is 35.5. The highest BCUT2D eigenvalue weighted by molar-refractivity contribution is 6.45. The van der Waals surface area contributed by atoms with Crippen LogP contribution in [0.1, 0.15) is 43.6 Å². The first-order chi connectivity index (χ1) is 9.38. The van der Waals surface area contributed by atoms with Crippen LogP contribution < -0.4 is 16.1 Å². The Hall–Kier alpha value is -1.04. The molecular formula is C12H16Cl3N4O+. The van der Waals surface area contributed by atoms with Gasteiger partial charge in [0.2, 0.25) is 0 Å². The van der Waals surface area contributed by atoms with E-state index in [9.17, 15) is 4.79 Å². The topological polar surface area (TPSA) is 81.6 Å². The van der Waals surface area contributed by atoms with Gasteiger partial charge in [-0.2, -0.15) is 10.1 Å². The minimum absolute atomic E-state index is 0.0123. The highest BCUT2D eigenvalue weighted by Crippen LogP contribution is 2.31. The number of aromatic nitrogens is 1. The van der Waals surface area contributed by atoms with Crippen molar-refractivity contribution in [1.29, 1.82) is 0 Å². The molecular weight excluding hydrogens is 323 g/mol. The van der Waals surface area contributed by atoms with Crippen molar-refractivity contribution in [3.63, 3.8) is 0 Å². The molecule has 1 aromatic heterocycles. The van der Waals surface area contributed by atoms with Gasteiger partial charge in [-0.25, -0.2) is 5.43 Å². The Morgan fingerprint density at radius 1 is 1.35 bits per heavy atom. The lowest BCUT2D eigenvalue weighted by Gasteiger charge is -2.03. The predicted octanol–water partition coefficient (Wildman–Crippen LogP) is 3.34. The van der Waals surface area contributed by atoms with Crippen LogP contribution in [0.2, 0.25) is 15.2 Å². The zero-order valence-corrected chi connectivity index (χ0v) is 13.5. The van der Waals surface area contributed by atoms with Crippen LogP contribution in [0.4, 0.5) is 5.69 Å². The van der Waals surface area contributed by atoms with E-state index >= 15 is 0 Å². The van der Waals surface area contributed by atoms with Gasteiger partial charge in [0.15, 0.2) is 0 Å². The second kappa shape index (κ2) is 7.67. The van der Waals surface area contributed by atoms with E-state index in [1.54, 1.807) is 0 Å². The molecule has 20 heavy (non-hydrogen) atoms. The van der Waals surface area contributed by atoms with Crippen molar-refractivity contribution in [1.82, 2.24) is 5.43 Å². The number of rotatable bonds is 5. The Kier molecular flexibility index (Phi) is 6.52. The normalized spacial score (nSPS) is 11.6. The van der Waals surface area contributed by atoms with Gasteiger partial charge in [0.25, 0.3) is 10.8 Å². The van der Waals surface area contributed by atoms with Crippen molar-refractivity contribution in [3.05, 3.63) is 20.9 Å². The van der Waals surface area contributed by atoms with E-state index in [1.807, 2.05) is 6.92 Å².